The van der Waals surface area contributed by atoms with Gasteiger partial charge >= 0.3 is 0 Å². The van der Waals surface area contributed by atoms with Crippen molar-refractivity contribution >= 4 is 44.0 Å². The molecule has 1 N–H and O–H groups in total. The Kier molecular flexibility index (Phi) is 4.83. The van der Waals surface area contributed by atoms with Crippen LogP contribution in [0.3, 0.4) is 0 Å². The first-order valence-electron chi connectivity index (χ1n) is 7.63. The number of rotatable bonds is 3. The number of sulfonamides is 1. The van der Waals surface area contributed by atoms with Gasteiger partial charge in [-0.25, -0.2) is 18.1 Å². The molecule has 1 aliphatic carbocycles. The minimum atomic E-state index is -3.58. The van der Waals surface area contributed by atoms with Gasteiger partial charge in [0.1, 0.15) is 5.15 Å². The first-order valence-corrected chi connectivity index (χ1v) is 9.87. The molecule has 2 aromatic rings. The van der Waals surface area contributed by atoms with Crippen LogP contribution < -0.4 is 4.72 Å². The largest absolute Gasteiger partial charge is 0.242 e. The van der Waals surface area contributed by atoms with Gasteiger partial charge in [-0.05, 0) is 43.7 Å². The molecule has 0 spiro atoms. The van der Waals surface area contributed by atoms with Gasteiger partial charge in [-0.2, -0.15) is 0 Å². The highest BCUT2D eigenvalue weighted by molar-refractivity contribution is 7.89. The normalized spacial score (nSPS) is 22.4. The quantitative estimate of drug-likeness (QED) is 0.812. The number of aromatic nitrogens is 1. The van der Waals surface area contributed by atoms with Crippen molar-refractivity contribution in [2.75, 3.05) is 0 Å². The highest BCUT2D eigenvalue weighted by Crippen LogP contribution is 2.30. The molecule has 1 aromatic heterocycles. The highest BCUT2D eigenvalue weighted by Gasteiger charge is 2.24. The highest BCUT2D eigenvalue weighted by atomic mass is 35.5. The van der Waals surface area contributed by atoms with Crippen LogP contribution in [0.4, 0.5) is 0 Å². The van der Waals surface area contributed by atoms with Crippen LogP contribution in [-0.2, 0) is 10.0 Å². The van der Waals surface area contributed by atoms with Gasteiger partial charge in [0.25, 0.3) is 0 Å². The van der Waals surface area contributed by atoms with E-state index in [1.165, 1.54) is 12.3 Å². The molecule has 124 valence electrons. The fraction of sp³-hybridized carbons (Fsp3) is 0.438. The zero-order chi connectivity index (χ0) is 16.6. The van der Waals surface area contributed by atoms with E-state index in [0.29, 0.717) is 21.7 Å². The van der Waals surface area contributed by atoms with Crippen molar-refractivity contribution in [3.8, 4) is 0 Å². The minimum absolute atomic E-state index is 0.000134. The van der Waals surface area contributed by atoms with Crippen LogP contribution in [0.15, 0.2) is 29.3 Å². The smallest absolute Gasteiger partial charge is 0.240 e. The molecule has 0 aliphatic heterocycles. The molecule has 7 heteroatoms. The lowest BCUT2D eigenvalue weighted by Crippen LogP contribution is -2.37. The summed E-state index contributed by atoms with van der Waals surface area (Å²) < 4.78 is 28.0. The number of hydrogen-bond donors (Lipinski definition) is 1. The average molecular weight is 373 g/mol. The maximum Gasteiger partial charge on any atom is 0.240 e. The lowest BCUT2D eigenvalue weighted by Gasteiger charge is -2.26. The van der Waals surface area contributed by atoms with Crippen LogP contribution in [0, 0.1) is 5.92 Å². The third-order valence-electron chi connectivity index (χ3n) is 4.41. The Morgan fingerprint density at radius 2 is 1.83 bits per heavy atom. The Bertz CT molecular complexity index is 831. The molecule has 0 amide bonds. The van der Waals surface area contributed by atoms with Crippen LogP contribution in [0.25, 0.3) is 10.8 Å². The summed E-state index contributed by atoms with van der Waals surface area (Å²) in [4.78, 5) is 4.16. The maximum atomic E-state index is 12.6. The van der Waals surface area contributed by atoms with Crippen molar-refractivity contribution in [1.82, 2.24) is 9.71 Å². The zero-order valence-electron chi connectivity index (χ0n) is 12.7. The topological polar surface area (TPSA) is 59.1 Å². The van der Waals surface area contributed by atoms with Crippen LogP contribution >= 0.6 is 23.2 Å². The van der Waals surface area contributed by atoms with Gasteiger partial charge in [0.2, 0.25) is 10.0 Å². The summed E-state index contributed by atoms with van der Waals surface area (Å²) in [6.07, 6.45) is 5.32. The molecule has 1 aliphatic rings. The lowest BCUT2D eigenvalue weighted by molar-refractivity contribution is 0.332. The van der Waals surface area contributed by atoms with Gasteiger partial charge in [-0.3, -0.25) is 0 Å². The van der Waals surface area contributed by atoms with Crippen LogP contribution in [-0.4, -0.2) is 19.4 Å². The van der Waals surface area contributed by atoms with Crippen molar-refractivity contribution < 1.29 is 8.42 Å². The summed E-state index contributed by atoms with van der Waals surface area (Å²) >= 11 is 12.2. The van der Waals surface area contributed by atoms with E-state index in [1.54, 1.807) is 12.1 Å². The van der Waals surface area contributed by atoms with Crippen LogP contribution in [0.2, 0.25) is 10.2 Å². The van der Waals surface area contributed by atoms with E-state index in [1.807, 2.05) is 0 Å². The summed E-state index contributed by atoms with van der Waals surface area (Å²) in [5.74, 6) is 0.670. The third-order valence-corrected chi connectivity index (χ3v) is 6.53. The second kappa shape index (κ2) is 6.55. The van der Waals surface area contributed by atoms with Gasteiger partial charge in [0, 0.05) is 23.0 Å². The first kappa shape index (κ1) is 17.0. The van der Waals surface area contributed by atoms with E-state index in [0.717, 1.165) is 25.7 Å². The van der Waals surface area contributed by atoms with Crippen molar-refractivity contribution in [3.05, 3.63) is 34.6 Å². The fourth-order valence-corrected chi connectivity index (χ4v) is 4.74. The van der Waals surface area contributed by atoms with Crippen LogP contribution in [0.1, 0.15) is 32.6 Å². The number of nitrogens with one attached hydrogen (secondary N) is 1. The lowest BCUT2D eigenvalue weighted by atomic mass is 9.88. The number of pyridine rings is 1. The minimum Gasteiger partial charge on any atom is -0.242 e. The van der Waals surface area contributed by atoms with Crippen molar-refractivity contribution in [1.29, 1.82) is 0 Å². The molecule has 0 radical (unpaired) electrons. The number of fused-ring (bicyclic) bond motifs is 1. The number of nitrogens with zero attached hydrogens (tertiary/aromatic N) is 1. The Balaban J connectivity index is 1.91. The molecular formula is C16H18Cl2N2O2S. The molecule has 0 unspecified atom stereocenters. The van der Waals surface area contributed by atoms with Gasteiger partial charge in [0.15, 0.2) is 0 Å². The molecule has 0 bridgehead atoms. The number of benzene rings is 1. The summed E-state index contributed by atoms with van der Waals surface area (Å²) in [7, 11) is -3.58. The van der Waals surface area contributed by atoms with E-state index in [9.17, 15) is 8.42 Å². The SMILES string of the molecule is CC1CCC(NS(=O)(=O)c2ccc3c(Cl)cnc(Cl)c3c2)CC1. The van der Waals surface area contributed by atoms with Gasteiger partial charge in [-0.15, -0.1) is 0 Å². The Labute approximate surface area is 146 Å². The van der Waals surface area contributed by atoms with E-state index < -0.39 is 10.0 Å². The zero-order valence-corrected chi connectivity index (χ0v) is 15.0. The second-order valence-electron chi connectivity index (χ2n) is 6.18. The van der Waals surface area contributed by atoms with Gasteiger partial charge < -0.3 is 0 Å². The Morgan fingerprint density at radius 1 is 1.13 bits per heavy atom. The average Bonchev–Trinajstić information content (AvgIpc) is 2.53. The summed E-state index contributed by atoms with van der Waals surface area (Å²) in [6, 6.07) is 4.76. The molecule has 1 fully saturated rings. The van der Waals surface area contributed by atoms with Gasteiger partial charge in [-0.1, -0.05) is 36.2 Å². The van der Waals surface area contributed by atoms with Crippen molar-refractivity contribution in [2.45, 2.75) is 43.5 Å². The monoisotopic (exact) mass is 372 g/mol. The molecule has 23 heavy (non-hydrogen) atoms. The third kappa shape index (κ3) is 3.63. The predicted molar refractivity (Wildman–Crippen MR) is 93.5 cm³/mol. The van der Waals surface area contributed by atoms with Crippen molar-refractivity contribution in [2.24, 2.45) is 5.92 Å². The molecule has 1 heterocycles. The van der Waals surface area contributed by atoms with Crippen molar-refractivity contribution in [3.63, 3.8) is 0 Å². The van der Waals surface area contributed by atoms with E-state index in [2.05, 4.69) is 16.6 Å². The van der Waals surface area contributed by atoms with E-state index >= 15 is 0 Å². The molecule has 1 aromatic carbocycles. The summed E-state index contributed by atoms with van der Waals surface area (Å²) in [5, 5.41) is 1.92. The molecule has 0 saturated heterocycles. The summed E-state index contributed by atoms with van der Waals surface area (Å²) in [6.45, 7) is 2.20. The molecule has 4 nitrogen and oxygen atoms in total. The maximum absolute atomic E-state index is 12.6. The van der Waals surface area contributed by atoms with E-state index in [4.69, 9.17) is 23.2 Å². The second-order valence-corrected chi connectivity index (χ2v) is 8.66. The Morgan fingerprint density at radius 3 is 2.52 bits per heavy atom. The van der Waals surface area contributed by atoms with E-state index in [-0.39, 0.29) is 16.1 Å². The fourth-order valence-electron chi connectivity index (χ4n) is 2.99. The standard InChI is InChI=1S/C16H18Cl2N2O2S/c1-10-2-4-11(5-3-10)20-23(21,22)12-6-7-13-14(8-12)16(18)19-9-15(13)17/h6-11,20H,2-5H2,1H3. The molecule has 0 atom stereocenters. The molecular weight excluding hydrogens is 355 g/mol. The van der Waals surface area contributed by atoms with Gasteiger partial charge in [0.05, 0.1) is 9.92 Å². The van der Waals surface area contributed by atoms with Crippen LogP contribution in [0.5, 0.6) is 0 Å². The number of halogens is 2. The summed E-state index contributed by atoms with van der Waals surface area (Å²) in [5.41, 5.74) is 0. The predicted octanol–water partition coefficient (Wildman–Crippen LogP) is 4.40. The first-order chi connectivity index (χ1) is 10.9. The molecule has 3 rings (SSSR count). The Hall–Kier alpha value is -0.880. The number of hydrogen-bond acceptors (Lipinski definition) is 3. The molecule has 1 saturated carbocycles.